The van der Waals surface area contributed by atoms with Crippen LogP contribution in [0.4, 0.5) is 4.79 Å². The lowest BCUT2D eigenvalue weighted by molar-refractivity contribution is 0.0502. The molecule has 0 unspecified atom stereocenters. The van der Waals surface area contributed by atoms with E-state index in [1.807, 2.05) is 39.0 Å². The maximum atomic E-state index is 12.2. The molecule has 0 radical (unpaired) electrons. The third-order valence-electron chi connectivity index (χ3n) is 4.56. The lowest BCUT2D eigenvalue weighted by Gasteiger charge is -2.22. The van der Waals surface area contributed by atoms with Gasteiger partial charge < -0.3 is 19.3 Å². The number of methoxy groups -OCH3 is 1. The normalized spacial score (nSPS) is 12.4. The van der Waals surface area contributed by atoms with Gasteiger partial charge in [-0.2, -0.15) is 0 Å². The number of aryl methyl sites for hydroxylation is 1. The summed E-state index contributed by atoms with van der Waals surface area (Å²) in [5.74, 6) is 1.25. The molecule has 6 nitrogen and oxygen atoms in total. The summed E-state index contributed by atoms with van der Waals surface area (Å²) in [6.07, 6.45) is 1.69. The molecule has 0 bridgehead atoms. The van der Waals surface area contributed by atoms with Gasteiger partial charge in [-0.15, -0.1) is 6.58 Å². The van der Waals surface area contributed by atoms with Crippen molar-refractivity contribution in [1.29, 1.82) is 0 Å². The molecule has 1 amide bonds. The van der Waals surface area contributed by atoms with Gasteiger partial charge in [0.05, 0.1) is 18.7 Å². The number of alkyl carbamates (subject to hydrolysis) is 1. The van der Waals surface area contributed by atoms with Crippen LogP contribution in [-0.4, -0.2) is 24.0 Å². The van der Waals surface area contributed by atoms with Crippen LogP contribution in [0.1, 0.15) is 44.5 Å². The summed E-state index contributed by atoms with van der Waals surface area (Å²) in [7, 11) is 1.63. The van der Waals surface area contributed by atoms with Crippen LogP contribution in [-0.2, 0) is 4.74 Å². The minimum Gasteiger partial charge on any atom is -0.496 e. The highest BCUT2D eigenvalue weighted by Crippen LogP contribution is 2.36. The van der Waals surface area contributed by atoms with Crippen LogP contribution in [0.3, 0.4) is 0 Å². The average molecular weight is 408 g/mol. The molecule has 1 aromatic heterocycles. The summed E-state index contributed by atoms with van der Waals surface area (Å²) < 4.78 is 16.6. The Kier molecular flexibility index (Phi) is 6.15. The van der Waals surface area contributed by atoms with E-state index in [1.165, 1.54) is 5.56 Å². The Morgan fingerprint density at radius 1 is 1.23 bits per heavy atom. The van der Waals surface area contributed by atoms with Gasteiger partial charge in [-0.05, 0) is 57.0 Å². The highest BCUT2D eigenvalue weighted by molar-refractivity contribution is 5.90. The number of hydrogen-bond acceptors (Lipinski definition) is 5. The van der Waals surface area contributed by atoms with Gasteiger partial charge in [-0.1, -0.05) is 35.0 Å². The number of rotatable bonds is 6. The first-order chi connectivity index (χ1) is 14.2. The maximum absolute atomic E-state index is 12.2. The largest absolute Gasteiger partial charge is 0.496 e. The van der Waals surface area contributed by atoms with Gasteiger partial charge in [-0.25, -0.2) is 4.79 Å². The third kappa shape index (κ3) is 5.00. The third-order valence-corrected chi connectivity index (χ3v) is 4.56. The first-order valence-electron chi connectivity index (χ1n) is 9.86. The van der Waals surface area contributed by atoms with Crippen molar-refractivity contribution in [2.45, 2.75) is 45.8 Å². The van der Waals surface area contributed by atoms with E-state index >= 15 is 0 Å². The zero-order chi connectivity index (χ0) is 21.9. The van der Waals surface area contributed by atoms with Crippen LogP contribution in [0.5, 0.6) is 5.75 Å². The number of nitrogens with zero attached hydrogens (tertiary/aromatic N) is 1. The Balaban J connectivity index is 1.92. The quantitative estimate of drug-likeness (QED) is 0.510. The van der Waals surface area contributed by atoms with Crippen molar-refractivity contribution in [1.82, 2.24) is 10.5 Å². The number of aromatic nitrogens is 1. The maximum Gasteiger partial charge on any atom is 0.408 e. The minimum atomic E-state index is -0.589. The van der Waals surface area contributed by atoms with E-state index in [4.69, 9.17) is 14.0 Å². The van der Waals surface area contributed by atoms with Crippen molar-refractivity contribution >= 4 is 16.9 Å². The number of amides is 1. The van der Waals surface area contributed by atoms with Crippen LogP contribution in [0, 0.1) is 6.92 Å². The van der Waals surface area contributed by atoms with Crippen LogP contribution < -0.4 is 10.1 Å². The molecule has 2 aromatic carbocycles. The van der Waals surface area contributed by atoms with Gasteiger partial charge in [0.25, 0.3) is 0 Å². The van der Waals surface area contributed by atoms with Gasteiger partial charge in [0.1, 0.15) is 17.0 Å². The summed E-state index contributed by atoms with van der Waals surface area (Å²) in [6, 6.07) is 11.6. The molecule has 6 heteroatoms. The monoisotopic (exact) mass is 408 g/mol. The summed E-state index contributed by atoms with van der Waals surface area (Å²) in [5.41, 5.74) is 1.97. The molecule has 0 aliphatic rings. The first-order valence-corrected chi connectivity index (χ1v) is 9.86. The fourth-order valence-corrected chi connectivity index (χ4v) is 3.21. The van der Waals surface area contributed by atoms with Gasteiger partial charge >= 0.3 is 6.09 Å². The van der Waals surface area contributed by atoms with E-state index in [2.05, 4.69) is 42.2 Å². The van der Waals surface area contributed by atoms with Crippen molar-refractivity contribution in [3.63, 3.8) is 0 Å². The van der Waals surface area contributed by atoms with Crippen LogP contribution in [0.2, 0.25) is 0 Å². The number of carbonyl (C=O) groups excluding carboxylic acids is 1. The molecular weight excluding hydrogens is 380 g/mol. The molecule has 3 rings (SSSR count). The van der Waals surface area contributed by atoms with E-state index in [-0.39, 0.29) is 0 Å². The molecule has 0 aliphatic heterocycles. The topological polar surface area (TPSA) is 73.6 Å². The summed E-state index contributed by atoms with van der Waals surface area (Å²) >= 11 is 0. The molecule has 1 N–H and O–H groups in total. The molecule has 0 saturated heterocycles. The molecule has 0 aliphatic carbocycles. The highest BCUT2D eigenvalue weighted by atomic mass is 16.6. The van der Waals surface area contributed by atoms with E-state index < -0.39 is 17.7 Å². The minimum absolute atomic E-state index is 0.413. The van der Waals surface area contributed by atoms with Crippen LogP contribution in [0.15, 0.2) is 53.6 Å². The van der Waals surface area contributed by atoms with E-state index in [9.17, 15) is 4.79 Å². The second-order valence-electron chi connectivity index (χ2n) is 8.24. The fourth-order valence-electron chi connectivity index (χ4n) is 3.21. The second kappa shape index (κ2) is 8.61. The van der Waals surface area contributed by atoms with Gasteiger partial charge in [0.2, 0.25) is 0 Å². The molecule has 0 spiro atoms. The Morgan fingerprint density at radius 3 is 2.67 bits per heavy atom. The molecule has 30 heavy (non-hydrogen) atoms. The number of ether oxygens (including phenoxy) is 2. The smallest absolute Gasteiger partial charge is 0.408 e. The van der Waals surface area contributed by atoms with Crippen molar-refractivity contribution in [3.8, 4) is 17.1 Å². The highest BCUT2D eigenvalue weighted by Gasteiger charge is 2.23. The molecular formula is C24H28N2O4. The zero-order valence-corrected chi connectivity index (χ0v) is 18.1. The van der Waals surface area contributed by atoms with Gasteiger partial charge in [0, 0.05) is 6.07 Å². The van der Waals surface area contributed by atoms with Gasteiger partial charge in [0.15, 0.2) is 5.76 Å². The Hall–Kier alpha value is -3.28. The van der Waals surface area contributed by atoms with E-state index in [0.717, 1.165) is 16.3 Å². The van der Waals surface area contributed by atoms with Crippen LogP contribution >= 0.6 is 0 Å². The zero-order valence-electron chi connectivity index (χ0n) is 18.1. The molecule has 0 fully saturated rings. The molecule has 1 heterocycles. The molecule has 158 valence electrons. The lowest BCUT2D eigenvalue weighted by Crippen LogP contribution is -2.35. The Labute approximate surface area is 176 Å². The fraction of sp³-hybridized carbons (Fsp3) is 0.333. The standard InChI is InChI=1S/C24H28N2O4/c1-7-8-19(25-23(27)29-24(3,4)5)20-14-22(30-26-20)18-12-16-10-9-15(2)11-17(16)13-21(18)28-6/h7,9-14,19H,1,8H2,2-6H3,(H,25,27)/t19-/m0/s1. The number of hydrogen-bond donors (Lipinski definition) is 1. The number of carbonyl (C=O) groups is 1. The van der Waals surface area contributed by atoms with Crippen molar-refractivity contribution in [2.24, 2.45) is 0 Å². The molecule has 1 atom stereocenters. The Morgan fingerprint density at radius 2 is 2.00 bits per heavy atom. The van der Waals surface area contributed by atoms with Crippen molar-refractivity contribution < 1.29 is 18.8 Å². The first kappa shape index (κ1) is 21.4. The number of nitrogens with one attached hydrogen (secondary N) is 1. The van der Waals surface area contributed by atoms with Crippen molar-refractivity contribution in [2.75, 3.05) is 7.11 Å². The number of benzene rings is 2. The Bertz CT molecular complexity index is 1060. The predicted octanol–water partition coefficient (Wildman–Crippen LogP) is 5.95. The average Bonchev–Trinajstić information content (AvgIpc) is 3.15. The van der Waals surface area contributed by atoms with E-state index in [0.29, 0.717) is 23.6 Å². The summed E-state index contributed by atoms with van der Waals surface area (Å²) in [5, 5.41) is 9.18. The molecule has 3 aromatic rings. The second-order valence-corrected chi connectivity index (χ2v) is 8.24. The summed E-state index contributed by atoms with van der Waals surface area (Å²) in [4.78, 5) is 12.2. The van der Waals surface area contributed by atoms with Gasteiger partial charge in [-0.3, -0.25) is 0 Å². The number of fused-ring (bicyclic) bond motifs is 1. The summed E-state index contributed by atoms with van der Waals surface area (Å²) in [6.45, 7) is 11.3. The SMILES string of the molecule is C=CC[C@H](NC(=O)OC(C)(C)C)c1cc(-c2cc3ccc(C)cc3cc2OC)on1. The lowest BCUT2D eigenvalue weighted by atomic mass is 10.0. The van der Waals surface area contributed by atoms with E-state index in [1.54, 1.807) is 13.2 Å². The predicted molar refractivity (Wildman–Crippen MR) is 118 cm³/mol. The van der Waals surface area contributed by atoms with Crippen LogP contribution in [0.25, 0.3) is 22.1 Å². The molecule has 0 saturated carbocycles. The van der Waals surface area contributed by atoms with Crippen molar-refractivity contribution in [3.05, 3.63) is 60.3 Å².